The summed E-state index contributed by atoms with van der Waals surface area (Å²) in [6, 6.07) is 3.04. The van der Waals surface area contributed by atoms with Gasteiger partial charge in [0.2, 0.25) is 0 Å². The summed E-state index contributed by atoms with van der Waals surface area (Å²) in [4.78, 5) is 12.4. The van der Waals surface area contributed by atoms with Gasteiger partial charge >= 0.3 is 0 Å². The molecule has 2 aromatic rings. The van der Waals surface area contributed by atoms with Crippen LogP contribution in [0.4, 0.5) is 5.82 Å². The number of nitrogens with zero attached hydrogens (tertiary/aromatic N) is 3. The van der Waals surface area contributed by atoms with E-state index in [-0.39, 0.29) is 0 Å². The van der Waals surface area contributed by atoms with Gasteiger partial charge in [-0.15, -0.1) is 11.3 Å². The number of aromatic nitrogens is 2. The Morgan fingerprint density at radius 1 is 1.20 bits per heavy atom. The molecule has 0 radical (unpaired) electrons. The number of nitrogens with one attached hydrogen (secondary N) is 1. The lowest BCUT2D eigenvalue weighted by atomic mass is 9.96. The lowest BCUT2D eigenvalue weighted by molar-refractivity contribution is 0.181. The van der Waals surface area contributed by atoms with Gasteiger partial charge in [0.1, 0.15) is 17.0 Å². The van der Waals surface area contributed by atoms with E-state index in [4.69, 9.17) is 0 Å². The monoisotopic (exact) mass is 288 g/mol. The van der Waals surface area contributed by atoms with Crippen LogP contribution < -0.4 is 5.32 Å². The molecule has 20 heavy (non-hydrogen) atoms. The molecule has 3 heterocycles. The first kappa shape index (κ1) is 12.5. The second kappa shape index (κ2) is 5.30. The Balaban J connectivity index is 1.35. The van der Waals surface area contributed by atoms with Gasteiger partial charge in [-0.3, -0.25) is 0 Å². The lowest BCUT2D eigenvalue weighted by Crippen LogP contribution is -2.37. The number of thiophene rings is 1. The van der Waals surface area contributed by atoms with Gasteiger partial charge in [0.15, 0.2) is 0 Å². The summed E-state index contributed by atoms with van der Waals surface area (Å²) >= 11 is 1.68. The molecule has 5 heteroatoms. The number of hydrogen-bond acceptors (Lipinski definition) is 5. The highest BCUT2D eigenvalue weighted by Crippen LogP contribution is 2.31. The van der Waals surface area contributed by atoms with Crippen molar-refractivity contribution >= 4 is 27.4 Å². The van der Waals surface area contributed by atoms with Crippen LogP contribution in [0.15, 0.2) is 17.8 Å². The molecule has 4 rings (SSSR count). The van der Waals surface area contributed by atoms with E-state index in [2.05, 4.69) is 31.6 Å². The van der Waals surface area contributed by atoms with Crippen LogP contribution in [-0.2, 0) is 0 Å². The number of anilines is 1. The van der Waals surface area contributed by atoms with Crippen molar-refractivity contribution < 1.29 is 0 Å². The number of likely N-dealkylation sites (tertiary alicyclic amines) is 1. The zero-order chi connectivity index (χ0) is 13.4. The van der Waals surface area contributed by atoms with E-state index in [1.54, 1.807) is 17.7 Å². The second-order valence-corrected chi connectivity index (χ2v) is 6.85. The molecule has 1 saturated carbocycles. The quantitative estimate of drug-likeness (QED) is 0.939. The lowest BCUT2D eigenvalue weighted by Gasteiger charge is -2.32. The molecule has 2 aliphatic rings. The highest BCUT2D eigenvalue weighted by Gasteiger charge is 2.31. The number of rotatable bonds is 4. The fourth-order valence-corrected chi connectivity index (χ4v) is 3.87. The summed E-state index contributed by atoms with van der Waals surface area (Å²) in [5.74, 6) is 1.79. The maximum atomic E-state index is 4.39. The van der Waals surface area contributed by atoms with Crippen molar-refractivity contribution in [3.63, 3.8) is 0 Å². The van der Waals surface area contributed by atoms with Crippen LogP contribution in [0.1, 0.15) is 25.7 Å². The molecular formula is C15H20N4S. The summed E-state index contributed by atoms with van der Waals surface area (Å²) in [5.41, 5.74) is 0. The van der Waals surface area contributed by atoms with Gasteiger partial charge in [-0.25, -0.2) is 9.97 Å². The molecule has 106 valence electrons. The van der Waals surface area contributed by atoms with E-state index in [0.29, 0.717) is 0 Å². The predicted octanol–water partition coefficient (Wildman–Crippen LogP) is 2.98. The molecule has 1 saturated heterocycles. The van der Waals surface area contributed by atoms with Crippen LogP contribution in [0.5, 0.6) is 0 Å². The largest absolute Gasteiger partial charge is 0.369 e. The minimum Gasteiger partial charge on any atom is -0.369 e. The normalized spacial score (nSPS) is 21.4. The van der Waals surface area contributed by atoms with Crippen molar-refractivity contribution in [1.29, 1.82) is 0 Å². The van der Waals surface area contributed by atoms with Gasteiger partial charge in [0.05, 0.1) is 5.39 Å². The molecule has 0 spiro atoms. The Bertz CT molecular complexity index is 584. The minimum absolute atomic E-state index is 0.786. The van der Waals surface area contributed by atoms with Crippen LogP contribution in [0, 0.1) is 5.92 Å². The van der Waals surface area contributed by atoms with Crippen molar-refractivity contribution in [2.45, 2.75) is 31.7 Å². The Morgan fingerprint density at radius 3 is 2.85 bits per heavy atom. The summed E-state index contributed by atoms with van der Waals surface area (Å²) in [6.45, 7) is 3.61. The number of hydrogen-bond donors (Lipinski definition) is 1. The first-order chi connectivity index (χ1) is 9.90. The molecule has 1 aliphatic heterocycles. The Morgan fingerprint density at radius 2 is 2.05 bits per heavy atom. The SMILES string of the molecule is c1nc(NCC2CCN(C3CC3)CC2)c2ccsc2n1. The van der Waals surface area contributed by atoms with Crippen molar-refractivity contribution in [2.75, 3.05) is 25.0 Å². The van der Waals surface area contributed by atoms with Crippen molar-refractivity contribution in [3.05, 3.63) is 17.8 Å². The van der Waals surface area contributed by atoms with E-state index in [1.165, 1.54) is 38.8 Å². The maximum Gasteiger partial charge on any atom is 0.138 e. The van der Waals surface area contributed by atoms with Crippen LogP contribution in [-0.4, -0.2) is 40.5 Å². The zero-order valence-electron chi connectivity index (χ0n) is 11.6. The smallest absolute Gasteiger partial charge is 0.138 e. The van der Waals surface area contributed by atoms with Crippen molar-refractivity contribution in [2.24, 2.45) is 5.92 Å². The number of fused-ring (bicyclic) bond motifs is 1. The van der Waals surface area contributed by atoms with Gasteiger partial charge in [0, 0.05) is 12.6 Å². The van der Waals surface area contributed by atoms with Gasteiger partial charge < -0.3 is 10.2 Å². The van der Waals surface area contributed by atoms with Crippen LogP contribution >= 0.6 is 11.3 Å². The summed E-state index contributed by atoms with van der Waals surface area (Å²) < 4.78 is 0. The first-order valence-electron chi connectivity index (χ1n) is 7.56. The molecule has 4 nitrogen and oxygen atoms in total. The van der Waals surface area contributed by atoms with Crippen molar-refractivity contribution in [3.8, 4) is 0 Å². The third-order valence-corrected chi connectivity index (χ3v) is 5.35. The fraction of sp³-hybridized carbons (Fsp3) is 0.600. The van der Waals surface area contributed by atoms with Gasteiger partial charge in [-0.05, 0) is 56.1 Å². The van der Waals surface area contributed by atoms with E-state index in [1.807, 2.05) is 0 Å². The Labute approximate surface area is 123 Å². The van der Waals surface area contributed by atoms with Crippen LogP contribution in [0.2, 0.25) is 0 Å². The van der Waals surface area contributed by atoms with Gasteiger partial charge in [-0.1, -0.05) is 0 Å². The van der Waals surface area contributed by atoms with Crippen LogP contribution in [0.3, 0.4) is 0 Å². The van der Waals surface area contributed by atoms with Gasteiger partial charge in [0.25, 0.3) is 0 Å². The summed E-state index contributed by atoms with van der Waals surface area (Å²) in [6.07, 6.45) is 7.17. The summed E-state index contributed by atoms with van der Waals surface area (Å²) in [5, 5.41) is 6.78. The predicted molar refractivity (Wildman–Crippen MR) is 83.2 cm³/mol. The molecule has 1 N–H and O–H groups in total. The first-order valence-corrected chi connectivity index (χ1v) is 8.44. The molecule has 0 atom stereocenters. The average Bonchev–Trinajstić information content (AvgIpc) is 3.23. The third kappa shape index (κ3) is 2.52. The Kier molecular flexibility index (Phi) is 3.32. The van der Waals surface area contributed by atoms with E-state index < -0.39 is 0 Å². The highest BCUT2D eigenvalue weighted by molar-refractivity contribution is 7.16. The fourth-order valence-electron chi connectivity index (χ4n) is 3.13. The second-order valence-electron chi connectivity index (χ2n) is 5.95. The molecule has 0 unspecified atom stereocenters. The molecule has 2 fully saturated rings. The molecule has 0 bridgehead atoms. The van der Waals surface area contributed by atoms with E-state index in [0.717, 1.165) is 34.5 Å². The number of piperidine rings is 1. The highest BCUT2D eigenvalue weighted by atomic mass is 32.1. The summed E-state index contributed by atoms with van der Waals surface area (Å²) in [7, 11) is 0. The molecule has 0 aromatic carbocycles. The van der Waals surface area contributed by atoms with Crippen LogP contribution in [0.25, 0.3) is 10.2 Å². The Hall–Kier alpha value is -1.20. The molecular weight excluding hydrogens is 268 g/mol. The van der Waals surface area contributed by atoms with Crippen molar-refractivity contribution in [1.82, 2.24) is 14.9 Å². The molecule has 2 aromatic heterocycles. The van der Waals surface area contributed by atoms with E-state index >= 15 is 0 Å². The topological polar surface area (TPSA) is 41.1 Å². The molecule has 1 aliphatic carbocycles. The molecule has 0 amide bonds. The maximum absolute atomic E-state index is 4.39. The minimum atomic E-state index is 0.786. The third-order valence-electron chi connectivity index (χ3n) is 4.53. The van der Waals surface area contributed by atoms with Gasteiger partial charge in [-0.2, -0.15) is 0 Å². The van der Waals surface area contributed by atoms with E-state index in [9.17, 15) is 0 Å². The standard InChI is InChI=1S/C15H20N4S/c1-2-12(1)19-6-3-11(4-7-19)9-16-14-13-5-8-20-15(13)18-10-17-14/h5,8,10-12H,1-4,6-7,9H2,(H,16,17,18). The average molecular weight is 288 g/mol. The zero-order valence-corrected chi connectivity index (χ0v) is 12.4.